The standard InChI is InChI=1S/C16H26N4O3S/c1-3-23-11-4-9-17-16(18-10-12-24-2)19-13-14-5-7-15(8-6-14)20(21)22/h5-8H,3-4,9-13H2,1-2H3,(H2,17,18,19). The molecular formula is C16H26N4O3S. The second-order valence-electron chi connectivity index (χ2n) is 4.99. The number of hydrogen-bond donors (Lipinski definition) is 2. The summed E-state index contributed by atoms with van der Waals surface area (Å²) < 4.78 is 5.32. The summed E-state index contributed by atoms with van der Waals surface area (Å²) in [6.07, 6.45) is 2.97. The number of nitrogens with zero attached hydrogens (tertiary/aromatic N) is 2. The lowest BCUT2D eigenvalue weighted by atomic mass is 10.2. The third kappa shape index (κ3) is 8.73. The van der Waals surface area contributed by atoms with Gasteiger partial charge in [-0.2, -0.15) is 11.8 Å². The normalized spacial score (nSPS) is 11.3. The second kappa shape index (κ2) is 12.6. The number of nitrogens with one attached hydrogen (secondary N) is 2. The van der Waals surface area contributed by atoms with Crippen molar-refractivity contribution in [1.29, 1.82) is 0 Å². The van der Waals surface area contributed by atoms with Crippen molar-refractivity contribution in [3.05, 3.63) is 39.9 Å². The van der Waals surface area contributed by atoms with E-state index in [4.69, 9.17) is 4.74 Å². The van der Waals surface area contributed by atoms with E-state index in [0.29, 0.717) is 6.54 Å². The van der Waals surface area contributed by atoms with Gasteiger partial charge >= 0.3 is 0 Å². The number of guanidine groups is 1. The molecule has 0 aliphatic rings. The van der Waals surface area contributed by atoms with Crippen molar-refractivity contribution in [3.63, 3.8) is 0 Å². The van der Waals surface area contributed by atoms with Crippen molar-refractivity contribution in [3.8, 4) is 0 Å². The minimum atomic E-state index is -0.400. The van der Waals surface area contributed by atoms with Crippen LogP contribution in [0.4, 0.5) is 5.69 Å². The van der Waals surface area contributed by atoms with Gasteiger partial charge in [0, 0.05) is 44.2 Å². The van der Waals surface area contributed by atoms with Crippen LogP contribution in [0.3, 0.4) is 0 Å². The Labute approximate surface area is 147 Å². The van der Waals surface area contributed by atoms with Gasteiger partial charge in [-0.15, -0.1) is 0 Å². The van der Waals surface area contributed by atoms with Crippen LogP contribution in [0.1, 0.15) is 18.9 Å². The Bertz CT molecular complexity index is 509. The quantitative estimate of drug-likeness (QED) is 0.209. The molecule has 0 saturated carbocycles. The average molecular weight is 354 g/mol. The molecule has 0 aromatic heterocycles. The van der Waals surface area contributed by atoms with Crippen LogP contribution in [0.5, 0.6) is 0 Å². The van der Waals surface area contributed by atoms with Gasteiger partial charge in [0.2, 0.25) is 0 Å². The summed E-state index contributed by atoms with van der Waals surface area (Å²) >= 11 is 1.77. The SMILES string of the molecule is CCOCCCNC(=NCc1ccc([N+](=O)[O-])cc1)NCCSC. The van der Waals surface area contributed by atoms with Crippen LogP contribution >= 0.6 is 11.8 Å². The Morgan fingerprint density at radius 2 is 2.00 bits per heavy atom. The van der Waals surface area contributed by atoms with Gasteiger partial charge in [0.15, 0.2) is 5.96 Å². The number of rotatable bonds is 11. The molecule has 0 atom stereocenters. The van der Waals surface area contributed by atoms with E-state index in [0.717, 1.165) is 50.0 Å². The van der Waals surface area contributed by atoms with Gasteiger partial charge in [-0.05, 0) is 25.2 Å². The number of hydrogen-bond acceptors (Lipinski definition) is 5. The Hall–Kier alpha value is -1.80. The van der Waals surface area contributed by atoms with E-state index < -0.39 is 4.92 Å². The molecule has 24 heavy (non-hydrogen) atoms. The molecule has 0 radical (unpaired) electrons. The van der Waals surface area contributed by atoms with Gasteiger partial charge in [-0.1, -0.05) is 12.1 Å². The molecule has 0 aliphatic heterocycles. The summed E-state index contributed by atoms with van der Waals surface area (Å²) in [6.45, 7) is 5.52. The fourth-order valence-electron chi connectivity index (χ4n) is 1.86. The minimum Gasteiger partial charge on any atom is -0.382 e. The van der Waals surface area contributed by atoms with Gasteiger partial charge in [0.05, 0.1) is 11.5 Å². The van der Waals surface area contributed by atoms with Crippen LogP contribution in [0.15, 0.2) is 29.3 Å². The molecule has 134 valence electrons. The Morgan fingerprint density at radius 1 is 1.29 bits per heavy atom. The molecule has 0 amide bonds. The summed E-state index contributed by atoms with van der Waals surface area (Å²) in [4.78, 5) is 14.8. The Kier molecular flexibility index (Phi) is 10.6. The van der Waals surface area contributed by atoms with Gasteiger partial charge < -0.3 is 15.4 Å². The Morgan fingerprint density at radius 3 is 2.62 bits per heavy atom. The smallest absolute Gasteiger partial charge is 0.269 e. The Balaban J connectivity index is 2.52. The first-order valence-corrected chi connectivity index (χ1v) is 9.39. The number of ether oxygens (including phenoxy) is 1. The molecule has 0 saturated heterocycles. The highest BCUT2D eigenvalue weighted by Crippen LogP contribution is 2.12. The molecule has 1 aromatic rings. The first-order valence-electron chi connectivity index (χ1n) is 7.99. The summed E-state index contributed by atoms with van der Waals surface area (Å²) in [5, 5.41) is 17.2. The van der Waals surface area contributed by atoms with Crippen LogP contribution in [-0.2, 0) is 11.3 Å². The highest BCUT2D eigenvalue weighted by atomic mass is 32.2. The highest BCUT2D eigenvalue weighted by Gasteiger charge is 2.04. The van der Waals surface area contributed by atoms with E-state index in [9.17, 15) is 10.1 Å². The van der Waals surface area contributed by atoms with Crippen LogP contribution in [0.2, 0.25) is 0 Å². The number of benzene rings is 1. The van der Waals surface area contributed by atoms with Crippen LogP contribution < -0.4 is 10.6 Å². The molecule has 0 fully saturated rings. The van der Waals surface area contributed by atoms with Crippen LogP contribution in [0.25, 0.3) is 0 Å². The van der Waals surface area contributed by atoms with Crippen molar-refractivity contribution in [2.75, 3.05) is 38.3 Å². The largest absolute Gasteiger partial charge is 0.382 e. The molecule has 2 N–H and O–H groups in total. The number of aliphatic imine (C=N–C) groups is 1. The van der Waals surface area contributed by atoms with Crippen molar-refractivity contribution in [1.82, 2.24) is 10.6 Å². The fraction of sp³-hybridized carbons (Fsp3) is 0.562. The van der Waals surface area contributed by atoms with Crippen molar-refractivity contribution < 1.29 is 9.66 Å². The molecular weight excluding hydrogens is 328 g/mol. The fourth-order valence-corrected chi connectivity index (χ4v) is 2.17. The monoisotopic (exact) mass is 354 g/mol. The zero-order valence-electron chi connectivity index (χ0n) is 14.3. The molecule has 0 unspecified atom stereocenters. The van der Waals surface area contributed by atoms with Crippen molar-refractivity contribution >= 4 is 23.4 Å². The average Bonchev–Trinajstić information content (AvgIpc) is 2.59. The highest BCUT2D eigenvalue weighted by molar-refractivity contribution is 7.98. The van der Waals surface area contributed by atoms with Crippen LogP contribution in [-0.4, -0.2) is 49.2 Å². The van der Waals surface area contributed by atoms with Gasteiger partial charge in [0.25, 0.3) is 5.69 Å². The lowest BCUT2D eigenvalue weighted by Gasteiger charge is -2.12. The molecule has 0 aliphatic carbocycles. The van der Waals surface area contributed by atoms with Crippen molar-refractivity contribution in [2.24, 2.45) is 4.99 Å². The van der Waals surface area contributed by atoms with E-state index in [-0.39, 0.29) is 5.69 Å². The summed E-state index contributed by atoms with van der Waals surface area (Å²) in [6, 6.07) is 6.47. The van der Waals surface area contributed by atoms with Gasteiger partial charge in [-0.25, -0.2) is 4.99 Å². The van der Waals surface area contributed by atoms with Crippen LogP contribution in [0, 0.1) is 10.1 Å². The molecule has 0 bridgehead atoms. The third-order valence-electron chi connectivity index (χ3n) is 3.13. The number of nitro groups is 1. The molecule has 1 aromatic carbocycles. The van der Waals surface area contributed by atoms with E-state index in [1.165, 1.54) is 12.1 Å². The summed E-state index contributed by atoms with van der Waals surface area (Å²) in [5.74, 6) is 1.75. The zero-order valence-corrected chi connectivity index (χ0v) is 15.1. The maximum Gasteiger partial charge on any atom is 0.269 e. The second-order valence-corrected chi connectivity index (χ2v) is 5.97. The lowest BCUT2D eigenvalue weighted by molar-refractivity contribution is -0.384. The van der Waals surface area contributed by atoms with E-state index in [1.807, 2.05) is 6.92 Å². The number of thioether (sulfide) groups is 1. The third-order valence-corrected chi connectivity index (χ3v) is 3.74. The van der Waals surface area contributed by atoms with Crippen molar-refractivity contribution in [2.45, 2.75) is 19.9 Å². The number of nitro benzene ring substituents is 1. The minimum absolute atomic E-state index is 0.0927. The molecule has 7 nitrogen and oxygen atoms in total. The van der Waals surface area contributed by atoms with Gasteiger partial charge in [0.1, 0.15) is 0 Å². The summed E-state index contributed by atoms with van der Waals surface area (Å²) in [5.41, 5.74) is 1.02. The topological polar surface area (TPSA) is 88.8 Å². The zero-order chi connectivity index (χ0) is 17.6. The number of non-ortho nitro benzene ring substituents is 1. The molecule has 0 heterocycles. The van der Waals surface area contributed by atoms with E-state index >= 15 is 0 Å². The van der Waals surface area contributed by atoms with E-state index in [1.54, 1.807) is 23.9 Å². The first-order chi connectivity index (χ1) is 11.7. The first kappa shape index (κ1) is 20.2. The molecule has 1 rings (SSSR count). The lowest BCUT2D eigenvalue weighted by Crippen LogP contribution is -2.39. The molecule has 0 spiro atoms. The summed E-state index contributed by atoms with van der Waals surface area (Å²) in [7, 11) is 0. The van der Waals surface area contributed by atoms with Gasteiger partial charge in [-0.3, -0.25) is 10.1 Å². The predicted molar refractivity (Wildman–Crippen MR) is 99.7 cm³/mol. The predicted octanol–water partition coefficient (Wildman–Crippen LogP) is 2.42. The molecule has 8 heteroatoms. The van der Waals surface area contributed by atoms with E-state index in [2.05, 4.69) is 21.9 Å². The maximum atomic E-state index is 10.7. The maximum absolute atomic E-state index is 10.7.